The smallest absolute Gasteiger partial charge is 0.229 e. The van der Waals surface area contributed by atoms with Crippen molar-refractivity contribution in [3.8, 4) is 6.07 Å². The monoisotopic (exact) mass is 268 g/mol. The molecule has 6 heteroatoms. The highest BCUT2D eigenvalue weighted by atomic mass is 15.3. The molecule has 0 fully saturated rings. The number of nitrogen functional groups attached to an aromatic ring is 1. The van der Waals surface area contributed by atoms with Crippen molar-refractivity contribution < 1.29 is 0 Å². The lowest BCUT2D eigenvalue weighted by Gasteiger charge is -2.11. The van der Waals surface area contributed by atoms with E-state index in [2.05, 4.69) is 26.8 Å². The van der Waals surface area contributed by atoms with Crippen molar-refractivity contribution in [2.45, 2.75) is 19.8 Å². The summed E-state index contributed by atoms with van der Waals surface area (Å²) in [5, 5.41) is 11.9. The van der Waals surface area contributed by atoms with Gasteiger partial charge in [0.1, 0.15) is 5.82 Å². The molecule has 4 N–H and O–H groups in total. The summed E-state index contributed by atoms with van der Waals surface area (Å²) in [4.78, 5) is 8.68. The first-order valence-corrected chi connectivity index (χ1v) is 6.25. The lowest BCUT2D eigenvalue weighted by atomic mass is 10.1. The molecule has 2 aromatic rings. The fourth-order valence-corrected chi connectivity index (χ4v) is 1.65. The molecular weight excluding hydrogens is 252 g/mol. The molecule has 0 radical (unpaired) electrons. The highest BCUT2D eigenvalue weighted by Crippen LogP contribution is 2.20. The quantitative estimate of drug-likeness (QED) is 0.582. The van der Waals surface area contributed by atoms with Crippen LogP contribution in [0.25, 0.3) is 0 Å². The van der Waals surface area contributed by atoms with E-state index in [1.807, 2.05) is 19.9 Å². The van der Waals surface area contributed by atoms with E-state index in [-0.39, 0.29) is 5.92 Å². The molecule has 6 nitrogen and oxygen atoms in total. The average molecular weight is 268 g/mol. The maximum absolute atomic E-state index is 8.77. The zero-order chi connectivity index (χ0) is 14.5. The summed E-state index contributed by atoms with van der Waals surface area (Å²) < 4.78 is 0. The minimum Gasteiger partial charge on any atom is -0.324 e. The minimum atomic E-state index is 0.270. The van der Waals surface area contributed by atoms with E-state index in [9.17, 15) is 0 Å². The highest BCUT2D eigenvalue weighted by Gasteiger charge is 2.07. The first-order chi connectivity index (χ1) is 9.62. The van der Waals surface area contributed by atoms with Crippen LogP contribution < -0.4 is 16.6 Å². The summed E-state index contributed by atoms with van der Waals surface area (Å²) in [6.45, 7) is 4.10. The lowest BCUT2D eigenvalue weighted by Crippen LogP contribution is -2.11. The van der Waals surface area contributed by atoms with Crippen molar-refractivity contribution in [2.75, 3.05) is 10.7 Å². The molecule has 0 aliphatic heterocycles. The number of benzene rings is 1. The number of hydrogen-bond donors (Lipinski definition) is 3. The Hall–Kier alpha value is -2.65. The maximum Gasteiger partial charge on any atom is 0.229 e. The molecular formula is C14H16N6. The van der Waals surface area contributed by atoms with Gasteiger partial charge in [0.15, 0.2) is 0 Å². The van der Waals surface area contributed by atoms with E-state index in [1.165, 1.54) is 0 Å². The molecule has 1 aromatic heterocycles. The number of hydrogen-bond acceptors (Lipinski definition) is 6. The SMILES string of the molecule is CC(C)c1cc(NN)nc(Nc2ccc(C#N)cc2)n1. The topological polar surface area (TPSA) is 99.6 Å². The Labute approximate surface area is 117 Å². The number of anilines is 3. The Kier molecular flexibility index (Phi) is 4.13. The van der Waals surface area contributed by atoms with Gasteiger partial charge < -0.3 is 10.7 Å². The van der Waals surface area contributed by atoms with Gasteiger partial charge >= 0.3 is 0 Å². The summed E-state index contributed by atoms with van der Waals surface area (Å²) in [5.41, 5.74) is 4.85. The van der Waals surface area contributed by atoms with Crippen LogP contribution in [0.5, 0.6) is 0 Å². The second-order valence-electron chi connectivity index (χ2n) is 4.61. The molecule has 0 spiro atoms. The number of nitrogens with zero attached hydrogens (tertiary/aromatic N) is 3. The largest absolute Gasteiger partial charge is 0.324 e. The molecule has 20 heavy (non-hydrogen) atoms. The zero-order valence-corrected chi connectivity index (χ0v) is 11.4. The Bertz CT molecular complexity index is 627. The van der Waals surface area contributed by atoms with Crippen molar-refractivity contribution >= 4 is 17.5 Å². The van der Waals surface area contributed by atoms with Crippen LogP contribution in [0.1, 0.15) is 31.0 Å². The number of aromatic nitrogens is 2. The van der Waals surface area contributed by atoms with Crippen molar-refractivity contribution in [3.63, 3.8) is 0 Å². The number of hydrazine groups is 1. The van der Waals surface area contributed by atoms with E-state index >= 15 is 0 Å². The van der Waals surface area contributed by atoms with E-state index in [0.29, 0.717) is 17.3 Å². The first kappa shape index (κ1) is 13.8. The van der Waals surface area contributed by atoms with Gasteiger partial charge in [0, 0.05) is 11.8 Å². The highest BCUT2D eigenvalue weighted by molar-refractivity contribution is 5.56. The van der Waals surface area contributed by atoms with E-state index in [0.717, 1.165) is 11.4 Å². The summed E-state index contributed by atoms with van der Waals surface area (Å²) >= 11 is 0. The van der Waals surface area contributed by atoms with Crippen LogP contribution in [-0.4, -0.2) is 9.97 Å². The van der Waals surface area contributed by atoms with E-state index in [4.69, 9.17) is 11.1 Å². The molecule has 0 saturated carbocycles. The lowest BCUT2D eigenvalue weighted by molar-refractivity contribution is 0.817. The van der Waals surface area contributed by atoms with Gasteiger partial charge in [0.2, 0.25) is 5.95 Å². The van der Waals surface area contributed by atoms with Gasteiger partial charge in [0.05, 0.1) is 17.3 Å². The Balaban J connectivity index is 2.27. The van der Waals surface area contributed by atoms with Crippen LogP contribution in [0.3, 0.4) is 0 Å². The second kappa shape index (κ2) is 5.99. The fraction of sp³-hybridized carbons (Fsp3) is 0.214. The molecule has 1 heterocycles. The van der Waals surface area contributed by atoms with Crippen LogP contribution in [0, 0.1) is 11.3 Å². The average Bonchev–Trinajstić information content (AvgIpc) is 2.47. The predicted molar refractivity (Wildman–Crippen MR) is 78.4 cm³/mol. The maximum atomic E-state index is 8.77. The summed E-state index contributed by atoms with van der Waals surface area (Å²) in [7, 11) is 0. The summed E-state index contributed by atoms with van der Waals surface area (Å²) in [6, 6.07) is 11.0. The second-order valence-corrected chi connectivity index (χ2v) is 4.61. The molecule has 1 aromatic carbocycles. The summed E-state index contributed by atoms with van der Waals surface area (Å²) in [5.74, 6) is 6.71. The van der Waals surface area contributed by atoms with Crippen LogP contribution in [0.4, 0.5) is 17.5 Å². The van der Waals surface area contributed by atoms with Crippen molar-refractivity contribution in [1.82, 2.24) is 9.97 Å². The fourth-order valence-electron chi connectivity index (χ4n) is 1.65. The Morgan fingerprint density at radius 1 is 1.20 bits per heavy atom. The van der Waals surface area contributed by atoms with Gasteiger partial charge in [-0.15, -0.1) is 0 Å². The predicted octanol–water partition coefficient (Wildman–Crippen LogP) is 2.50. The van der Waals surface area contributed by atoms with Gasteiger partial charge in [-0.1, -0.05) is 13.8 Å². The summed E-state index contributed by atoms with van der Waals surface area (Å²) in [6.07, 6.45) is 0. The molecule has 0 unspecified atom stereocenters. The van der Waals surface area contributed by atoms with Gasteiger partial charge in [-0.3, -0.25) is 0 Å². The third kappa shape index (κ3) is 3.22. The number of nitrogens with two attached hydrogens (primary N) is 1. The molecule has 2 rings (SSSR count). The first-order valence-electron chi connectivity index (χ1n) is 6.25. The molecule has 0 saturated heterocycles. The van der Waals surface area contributed by atoms with Gasteiger partial charge in [-0.2, -0.15) is 10.2 Å². The number of nitrogens with one attached hydrogen (secondary N) is 2. The van der Waals surface area contributed by atoms with Crippen LogP contribution in [0.2, 0.25) is 0 Å². The van der Waals surface area contributed by atoms with Crippen molar-refractivity contribution in [2.24, 2.45) is 5.84 Å². The molecule has 0 aliphatic rings. The number of rotatable bonds is 4. The Morgan fingerprint density at radius 2 is 1.90 bits per heavy atom. The molecule has 102 valence electrons. The zero-order valence-electron chi connectivity index (χ0n) is 11.4. The molecule has 0 atom stereocenters. The minimum absolute atomic E-state index is 0.270. The third-order valence-corrected chi connectivity index (χ3v) is 2.76. The third-order valence-electron chi connectivity index (χ3n) is 2.76. The normalized spacial score (nSPS) is 10.2. The van der Waals surface area contributed by atoms with E-state index in [1.54, 1.807) is 24.3 Å². The van der Waals surface area contributed by atoms with Crippen LogP contribution in [-0.2, 0) is 0 Å². The van der Waals surface area contributed by atoms with Crippen LogP contribution in [0.15, 0.2) is 30.3 Å². The number of nitriles is 1. The standard InChI is InChI=1S/C14H16N6/c1-9(2)12-7-13(20-16)19-14(18-12)17-11-5-3-10(8-15)4-6-11/h3-7,9H,16H2,1-2H3,(H2,17,18,19,20). The van der Waals surface area contributed by atoms with E-state index < -0.39 is 0 Å². The Morgan fingerprint density at radius 3 is 2.45 bits per heavy atom. The van der Waals surface area contributed by atoms with Crippen molar-refractivity contribution in [3.05, 3.63) is 41.6 Å². The van der Waals surface area contributed by atoms with Crippen LogP contribution >= 0.6 is 0 Å². The molecule has 0 amide bonds. The molecule has 0 aliphatic carbocycles. The van der Waals surface area contributed by atoms with Gasteiger partial charge in [-0.05, 0) is 30.2 Å². The molecule has 0 bridgehead atoms. The van der Waals surface area contributed by atoms with Crippen molar-refractivity contribution in [1.29, 1.82) is 5.26 Å². The van der Waals surface area contributed by atoms with Gasteiger partial charge in [0.25, 0.3) is 0 Å². The van der Waals surface area contributed by atoms with Gasteiger partial charge in [-0.25, -0.2) is 10.8 Å².